The fraction of sp³-hybridized carbons (Fsp3) is 0.0952. The van der Waals surface area contributed by atoms with Gasteiger partial charge in [0.15, 0.2) is 0 Å². The molecule has 1 aromatic heterocycles. The third-order valence-electron chi connectivity index (χ3n) is 3.98. The average molecular weight is 414 g/mol. The van der Waals surface area contributed by atoms with Crippen LogP contribution in [0, 0.1) is 0 Å². The van der Waals surface area contributed by atoms with Crippen molar-refractivity contribution in [1.29, 1.82) is 0 Å². The van der Waals surface area contributed by atoms with Gasteiger partial charge in [-0.1, -0.05) is 53.5 Å². The van der Waals surface area contributed by atoms with E-state index in [1.165, 1.54) is 18.0 Å². The van der Waals surface area contributed by atoms with E-state index in [1.807, 2.05) is 12.1 Å². The molecule has 2 aromatic carbocycles. The summed E-state index contributed by atoms with van der Waals surface area (Å²) in [5.41, 5.74) is 1.77. The summed E-state index contributed by atoms with van der Waals surface area (Å²) in [6.45, 7) is 1.42. The maximum absolute atomic E-state index is 12.4. The molecule has 0 aliphatic rings. The molecule has 1 N–H and O–H groups in total. The number of carbonyl (C=O) groups excluding carboxylic acids is 2. The number of hydrogen-bond acceptors (Lipinski definition) is 3. The predicted octanol–water partition coefficient (Wildman–Crippen LogP) is 5.25. The van der Waals surface area contributed by atoms with Crippen LogP contribution in [0.15, 0.2) is 66.9 Å². The van der Waals surface area contributed by atoms with Crippen LogP contribution in [0.4, 0.5) is 17.2 Å². The van der Waals surface area contributed by atoms with Crippen molar-refractivity contribution in [1.82, 2.24) is 4.98 Å². The number of hydrogen-bond donors (Lipinski definition) is 1. The molecule has 0 saturated carbocycles. The van der Waals surface area contributed by atoms with Gasteiger partial charge < -0.3 is 5.32 Å². The summed E-state index contributed by atoms with van der Waals surface area (Å²) < 4.78 is 0. The highest BCUT2D eigenvalue weighted by atomic mass is 35.5. The van der Waals surface area contributed by atoms with Gasteiger partial charge in [0.1, 0.15) is 5.82 Å². The van der Waals surface area contributed by atoms with Crippen molar-refractivity contribution in [2.24, 2.45) is 0 Å². The lowest BCUT2D eigenvalue weighted by molar-refractivity contribution is -0.116. The molecule has 0 bridgehead atoms. The zero-order chi connectivity index (χ0) is 20.1. The molecular weight excluding hydrogens is 397 g/mol. The molecule has 7 heteroatoms. The first-order chi connectivity index (χ1) is 13.5. The maximum atomic E-state index is 12.4. The van der Waals surface area contributed by atoms with Crippen LogP contribution in [-0.2, 0) is 16.0 Å². The number of aromatic nitrogens is 1. The Morgan fingerprint density at radius 1 is 1.00 bits per heavy atom. The first kappa shape index (κ1) is 19.9. The summed E-state index contributed by atoms with van der Waals surface area (Å²) in [7, 11) is 0. The fourth-order valence-electron chi connectivity index (χ4n) is 2.73. The van der Waals surface area contributed by atoms with E-state index in [1.54, 1.807) is 48.5 Å². The van der Waals surface area contributed by atoms with Gasteiger partial charge in [-0.3, -0.25) is 14.5 Å². The normalized spacial score (nSPS) is 10.4. The van der Waals surface area contributed by atoms with Crippen molar-refractivity contribution in [3.8, 4) is 0 Å². The molecule has 3 aromatic rings. The monoisotopic (exact) mass is 413 g/mol. The third kappa shape index (κ3) is 4.68. The summed E-state index contributed by atoms with van der Waals surface area (Å²) in [6, 6.07) is 17.4. The maximum Gasteiger partial charge on any atom is 0.229 e. The Bertz CT molecular complexity index is 1020. The van der Waals surface area contributed by atoms with E-state index < -0.39 is 0 Å². The van der Waals surface area contributed by atoms with E-state index in [-0.39, 0.29) is 18.2 Å². The highest BCUT2D eigenvalue weighted by Crippen LogP contribution is 2.31. The van der Waals surface area contributed by atoms with E-state index in [9.17, 15) is 9.59 Å². The van der Waals surface area contributed by atoms with Crippen molar-refractivity contribution in [2.75, 3.05) is 10.2 Å². The first-order valence-electron chi connectivity index (χ1n) is 8.50. The van der Waals surface area contributed by atoms with Crippen LogP contribution in [0.1, 0.15) is 12.5 Å². The topological polar surface area (TPSA) is 62.3 Å². The van der Waals surface area contributed by atoms with E-state index in [2.05, 4.69) is 10.3 Å². The molecule has 3 rings (SSSR count). The molecule has 2 amide bonds. The van der Waals surface area contributed by atoms with Crippen LogP contribution in [0.5, 0.6) is 0 Å². The van der Waals surface area contributed by atoms with Crippen molar-refractivity contribution in [2.45, 2.75) is 13.3 Å². The second-order valence-electron chi connectivity index (χ2n) is 6.02. The van der Waals surface area contributed by atoms with Crippen molar-refractivity contribution >= 4 is 52.2 Å². The molecule has 5 nitrogen and oxygen atoms in total. The van der Waals surface area contributed by atoms with Crippen molar-refractivity contribution in [3.05, 3.63) is 82.5 Å². The van der Waals surface area contributed by atoms with Crippen LogP contribution < -0.4 is 10.2 Å². The molecule has 0 atom stereocenters. The minimum Gasteiger partial charge on any atom is -0.326 e. The van der Waals surface area contributed by atoms with E-state index in [0.717, 1.165) is 5.56 Å². The number of nitrogens with zero attached hydrogens (tertiary/aromatic N) is 2. The molecule has 142 valence electrons. The second-order valence-corrected chi connectivity index (χ2v) is 6.84. The first-order valence-corrected chi connectivity index (χ1v) is 9.26. The number of benzene rings is 2. The predicted molar refractivity (Wildman–Crippen MR) is 112 cm³/mol. The second kappa shape index (κ2) is 8.87. The Balaban J connectivity index is 1.83. The lowest BCUT2D eigenvalue weighted by Crippen LogP contribution is -2.24. The smallest absolute Gasteiger partial charge is 0.229 e. The fourth-order valence-corrected chi connectivity index (χ4v) is 3.15. The molecule has 0 aliphatic carbocycles. The number of rotatable bonds is 5. The quantitative estimate of drug-likeness (QED) is 0.620. The summed E-state index contributed by atoms with van der Waals surface area (Å²) in [5.74, 6) is -0.117. The minimum atomic E-state index is -0.250. The molecule has 0 fully saturated rings. The van der Waals surface area contributed by atoms with Crippen LogP contribution in [0.25, 0.3) is 0 Å². The zero-order valence-electron chi connectivity index (χ0n) is 15.0. The van der Waals surface area contributed by atoms with Gasteiger partial charge in [-0.2, -0.15) is 0 Å². The van der Waals surface area contributed by atoms with E-state index in [0.29, 0.717) is 27.2 Å². The van der Waals surface area contributed by atoms with Crippen molar-refractivity contribution in [3.63, 3.8) is 0 Å². The largest absolute Gasteiger partial charge is 0.326 e. The Morgan fingerprint density at radius 3 is 2.36 bits per heavy atom. The van der Waals surface area contributed by atoms with Gasteiger partial charge in [-0.25, -0.2) is 4.98 Å². The number of nitrogens with one attached hydrogen (secondary N) is 1. The van der Waals surface area contributed by atoms with Crippen molar-refractivity contribution < 1.29 is 9.59 Å². The number of halogens is 2. The molecule has 0 unspecified atom stereocenters. The molecule has 0 aliphatic heterocycles. The van der Waals surface area contributed by atoms with Gasteiger partial charge in [0, 0.05) is 29.9 Å². The van der Waals surface area contributed by atoms with Gasteiger partial charge in [0.2, 0.25) is 11.8 Å². The minimum absolute atomic E-state index is 0.137. The zero-order valence-corrected chi connectivity index (χ0v) is 16.5. The highest BCUT2D eigenvalue weighted by molar-refractivity contribution is 6.34. The summed E-state index contributed by atoms with van der Waals surface area (Å²) >= 11 is 12.3. The molecule has 1 heterocycles. The summed E-state index contributed by atoms with van der Waals surface area (Å²) in [6.07, 6.45) is 1.66. The standard InChI is InChI=1S/C21H17Cl2N3O2/c1-14(27)26(19-9-5-4-8-18(19)23)20-13-16(10-11-24-20)25-21(28)12-15-6-2-3-7-17(15)22/h2-11,13H,12H2,1H3,(H,24,25,28). The number of carbonyl (C=O) groups is 2. The Hall–Kier alpha value is -2.89. The SMILES string of the molecule is CC(=O)N(c1cc(NC(=O)Cc2ccccc2Cl)ccn1)c1ccccc1Cl. The average Bonchev–Trinajstić information content (AvgIpc) is 2.65. The number of pyridine rings is 1. The lowest BCUT2D eigenvalue weighted by atomic mass is 10.1. The van der Waals surface area contributed by atoms with Crippen LogP contribution in [-0.4, -0.2) is 16.8 Å². The van der Waals surface area contributed by atoms with Crippen LogP contribution in [0.2, 0.25) is 10.0 Å². The number of amides is 2. The summed E-state index contributed by atoms with van der Waals surface area (Å²) in [4.78, 5) is 30.3. The van der Waals surface area contributed by atoms with Gasteiger partial charge in [-0.15, -0.1) is 0 Å². The summed E-state index contributed by atoms with van der Waals surface area (Å²) in [5, 5.41) is 3.77. The van der Waals surface area contributed by atoms with Gasteiger partial charge in [0.25, 0.3) is 0 Å². The Labute approximate surface area is 172 Å². The molecule has 0 saturated heterocycles. The number of para-hydroxylation sites is 1. The Morgan fingerprint density at radius 2 is 1.68 bits per heavy atom. The highest BCUT2D eigenvalue weighted by Gasteiger charge is 2.18. The van der Waals surface area contributed by atoms with E-state index >= 15 is 0 Å². The van der Waals surface area contributed by atoms with Gasteiger partial charge >= 0.3 is 0 Å². The molecule has 28 heavy (non-hydrogen) atoms. The van der Waals surface area contributed by atoms with Gasteiger partial charge in [-0.05, 0) is 29.8 Å². The van der Waals surface area contributed by atoms with Crippen LogP contribution in [0.3, 0.4) is 0 Å². The van der Waals surface area contributed by atoms with E-state index in [4.69, 9.17) is 23.2 Å². The third-order valence-corrected chi connectivity index (χ3v) is 4.66. The van der Waals surface area contributed by atoms with Crippen LogP contribution >= 0.6 is 23.2 Å². The molecule has 0 spiro atoms. The molecular formula is C21H17Cl2N3O2. The molecule has 0 radical (unpaired) electrons. The Kier molecular flexibility index (Phi) is 6.29. The number of anilines is 3. The van der Waals surface area contributed by atoms with Gasteiger partial charge in [0.05, 0.1) is 17.1 Å². The lowest BCUT2D eigenvalue weighted by Gasteiger charge is -2.21.